The number of aryl methyl sites for hydroxylation is 2. The molecule has 3 rings (SSSR count). The number of piperazine rings is 1. The van der Waals surface area contributed by atoms with Gasteiger partial charge in [-0.1, -0.05) is 0 Å². The summed E-state index contributed by atoms with van der Waals surface area (Å²) in [5.41, 5.74) is 1.87. The van der Waals surface area contributed by atoms with Gasteiger partial charge in [0.1, 0.15) is 23.3 Å². The van der Waals surface area contributed by atoms with E-state index in [9.17, 15) is 9.00 Å². The van der Waals surface area contributed by atoms with E-state index in [0.29, 0.717) is 19.2 Å². The first-order valence-corrected chi connectivity index (χ1v) is 13.9. The smallest absolute Gasteiger partial charge is 0.248 e. The van der Waals surface area contributed by atoms with Crippen LogP contribution in [-0.2, 0) is 20.5 Å². The molecule has 3 atom stereocenters. The van der Waals surface area contributed by atoms with Gasteiger partial charge in [0.15, 0.2) is 0 Å². The average molecular weight is 509 g/mol. The minimum Gasteiger partial charge on any atom is -0.497 e. The number of carbonyl (C=O) groups excluding carboxylic acids is 1. The Morgan fingerprint density at radius 2 is 1.77 bits per heavy atom. The van der Waals surface area contributed by atoms with Gasteiger partial charge in [0.2, 0.25) is 5.91 Å². The Bertz CT molecular complexity index is 852. The van der Waals surface area contributed by atoms with Crippen LogP contribution in [0, 0.1) is 13.8 Å². The second-order valence-electron chi connectivity index (χ2n) is 10.1. The molecule has 1 saturated heterocycles. The van der Waals surface area contributed by atoms with Crippen LogP contribution < -0.4 is 4.74 Å². The molecule has 8 nitrogen and oxygen atoms in total. The molecule has 0 aromatic heterocycles. The Kier molecular flexibility index (Phi) is 10.5. The molecule has 1 aromatic rings. The van der Waals surface area contributed by atoms with Crippen LogP contribution in [0.5, 0.6) is 5.75 Å². The van der Waals surface area contributed by atoms with Gasteiger partial charge in [0.05, 0.1) is 18.6 Å². The fraction of sp³-hybridized carbons (Fsp3) is 0.731. The van der Waals surface area contributed by atoms with Crippen LogP contribution in [0.1, 0.15) is 36.8 Å². The van der Waals surface area contributed by atoms with Crippen molar-refractivity contribution < 1.29 is 18.5 Å². The Hall–Kier alpha value is -1.52. The zero-order chi connectivity index (χ0) is 25.5. The van der Waals surface area contributed by atoms with E-state index >= 15 is 0 Å². The highest BCUT2D eigenvalue weighted by Crippen LogP contribution is 2.27. The van der Waals surface area contributed by atoms with Crippen molar-refractivity contribution in [2.75, 3.05) is 74.2 Å². The lowest BCUT2D eigenvalue weighted by molar-refractivity contribution is -0.138. The molecule has 9 heteroatoms. The molecule has 1 unspecified atom stereocenters. The van der Waals surface area contributed by atoms with Gasteiger partial charge in [-0.15, -0.1) is 0 Å². The fourth-order valence-electron chi connectivity index (χ4n) is 5.21. The van der Waals surface area contributed by atoms with Gasteiger partial charge >= 0.3 is 0 Å². The Morgan fingerprint density at radius 1 is 1.11 bits per heavy atom. The number of nitrogens with zero attached hydrogens (tertiary/aromatic N) is 4. The predicted molar refractivity (Wildman–Crippen MR) is 140 cm³/mol. The van der Waals surface area contributed by atoms with E-state index in [1.54, 1.807) is 11.4 Å². The number of amides is 1. The SMILES string of the molecule is COc1cc(C)c(S(=O)N(C)CCOCC(=O)N(C)[C@@H]2CCC[C@H](N3CCN(C)CC3)C2)c(C)c1. The minimum absolute atomic E-state index is 0.0275. The Morgan fingerprint density at radius 3 is 2.40 bits per heavy atom. The number of methoxy groups -OCH3 is 1. The monoisotopic (exact) mass is 508 g/mol. The van der Waals surface area contributed by atoms with Crippen LogP contribution in [0.15, 0.2) is 17.0 Å². The maximum atomic E-state index is 13.1. The highest BCUT2D eigenvalue weighted by atomic mass is 32.2. The summed E-state index contributed by atoms with van der Waals surface area (Å²) < 4.78 is 25.8. The van der Waals surface area contributed by atoms with Gasteiger partial charge in [-0.3, -0.25) is 9.69 Å². The van der Waals surface area contributed by atoms with E-state index in [-0.39, 0.29) is 18.6 Å². The molecule has 0 spiro atoms. The molecule has 1 aliphatic heterocycles. The third-order valence-electron chi connectivity index (χ3n) is 7.52. The summed E-state index contributed by atoms with van der Waals surface area (Å²) in [4.78, 5) is 20.5. The number of ether oxygens (including phenoxy) is 2. The summed E-state index contributed by atoms with van der Waals surface area (Å²) in [7, 11) is 6.25. The van der Waals surface area contributed by atoms with Crippen molar-refractivity contribution in [2.45, 2.75) is 56.5 Å². The number of benzene rings is 1. The van der Waals surface area contributed by atoms with Crippen LogP contribution in [0.2, 0.25) is 0 Å². The first-order chi connectivity index (χ1) is 16.7. The molecule has 1 aliphatic carbocycles. The summed E-state index contributed by atoms with van der Waals surface area (Å²) in [5.74, 6) is 0.793. The molecular formula is C26H44N4O4S. The van der Waals surface area contributed by atoms with Gasteiger partial charge in [-0.2, -0.15) is 0 Å². The van der Waals surface area contributed by atoms with Crippen molar-refractivity contribution in [3.8, 4) is 5.75 Å². The van der Waals surface area contributed by atoms with E-state index in [2.05, 4.69) is 16.8 Å². The molecule has 0 N–H and O–H groups in total. The number of hydrogen-bond donors (Lipinski definition) is 0. The van der Waals surface area contributed by atoms with Crippen LogP contribution in [0.4, 0.5) is 0 Å². The molecule has 1 aromatic carbocycles. The summed E-state index contributed by atoms with van der Waals surface area (Å²) >= 11 is 0. The van der Waals surface area contributed by atoms with Crippen molar-refractivity contribution in [3.05, 3.63) is 23.3 Å². The van der Waals surface area contributed by atoms with Crippen LogP contribution in [-0.4, -0.2) is 115 Å². The average Bonchev–Trinajstić information content (AvgIpc) is 2.85. The fourth-order valence-corrected chi connectivity index (χ4v) is 6.43. The van der Waals surface area contributed by atoms with E-state index in [4.69, 9.17) is 9.47 Å². The zero-order valence-corrected chi connectivity index (χ0v) is 23.2. The van der Waals surface area contributed by atoms with Gasteiger partial charge in [-0.25, -0.2) is 8.51 Å². The number of likely N-dealkylation sites (N-methyl/N-ethyl adjacent to an activating group) is 3. The Labute approximate surface area is 214 Å². The Balaban J connectivity index is 1.42. The second-order valence-corrected chi connectivity index (χ2v) is 11.6. The molecule has 1 amide bonds. The summed E-state index contributed by atoms with van der Waals surface area (Å²) in [5, 5.41) is 0. The van der Waals surface area contributed by atoms with Crippen LogP contribution in [0.25, 0.3) is 0 Å². The lowest BCUT2D eigenvalue weighted by Gasteiger charge is -2.43. The minimum atomic E-state index is -1.30. The third-order valence-corrected chi connectivity index (χ3v) is 9.26. The predicted octanol–water partition coefficient (Wildman–Crippen LogP) is 2.30. The summed E-state index contributed by atoms with van der Waals surface area (Å²) in [6, 6.07) is 4.66. The van der Waals surface area contributed by atoms with Crippen molar-refractivity contribution in [1.82, 2.24) is 19.0 Å². The van der Waals surface area contributed by atoms with Crippen molar-refractivity contribution in [2.24, 2.45) is 0 Å². The molecule has 0 bridgehead atoms. The van der Waals surface area contributed by atoms with Gasteiger partial charge in [0.25, 0.3) is 0 Å². The normalized spacial score (nSPS) is 22.8. The molecule has 1 heterocycles. The lowest BCUT2D eigenvalue weighted by Crippen LogP contribution is -2.52. The van der Waals surface area contributed by atoms with Crippen LogP contribution >= 0.6 is 0 Å². The first-order valence-electron chi connectivity index (χ1n) is 12.8. The lowest BCUT2D eigenvalue weighted by atomic mass is 9.88. The van der Waals surface area contributed by atoms with E-state index in [0.717, 1.165) is 60.8 Å². The second kappa shape index (κ2) is 13.1. The number of carbonyl (C=O) groups is 1. The first kappa shape index (κ1) is 28.1. The molecule has 2 fully saturated rings. The molecule has 0 radical (unpaired) electrons. The summed E-state index contributed by atoms with van der Waals surface area (Å²) in [6.07, 6.45) is 4.51. The highest BCUT2D eigenvalue weighted by Gasteiger charge is 2.31. The largest absolute Gasteiger partial charge is 0.497 e. The molecule has 35 heavy (non-hydrogen) atoms. The molecule has 198 valence electrons. The molecule has 1 saturated carbocycles. The zero-order valence-electron chi connectivity index (χ0n) is 22.4. The van der Waals surface area contributed by atoms with E-state index in [1.807, 2.05) is 45.0 Å². The van der Waals surface area contributed by atoms with Crippen molar-refractivity contribution in [1.29, 1.82) is 0 Å². The van der Waals surface area contributed by atoms with Crippen molar-refractivity contribution >= 4 is 16.9 Å². The highest BCUT2D eigenvalue weighted by molar-refractivity contribution is 7.82. The summed E-state index contributed by atoms with van der Waals surface area (Å²) in [6.45, 7) is 9.28. The maximum absolute atomic E-state index is 13.1. The molecular weight excluding hydrogens is 464 g/mol. The number of rotatable bonds is 10. The van der Waals surface area contributed by atoms with Gasteiger partial charge in [0, 0.05) is 58.9 Å². The molecule has 2 aliphatic rings. The third kappa shape index (κ3) is 7.49. The van der Waals surface area contributed by atoms with E-state index < -0.39 is 11.0 Å². The number of hydrogen-bond acceptors (Lipinski definition) is 6. The van der Waals surface area contributed by atoms with Gasteiger partial charge < -0.3 is 19.3 Å². The standard InChI is InChI=1S/C26H44N4O4S/c1-20-16-24(33-6)17-21(2)26(20)35(32)28(4)14-15-34-19-25(31)29(5)22-8-7-9-23(18-22)30-12-10-27(3)11-13-30/h16-17,22-23H,7-15,18-19H2,1-6H3/t22-,23+,35?/m1/s1. The van der Waals surface area contributed by atoms with E-state index in [1.165, 1.54) is 12.8 Å². The van der Waals surface area contributed by atoms with Crippen molar-refractivity contribution in [3.63, 3.8) is 0 Å². The maximum Gasteiger partial charge on any atom is 0.248 e. The quantitative estimate of drug-likeness (QED) is 0.452. The topological polar surface area (TPSA) is 65.6 Å². The van der Waals surface area contributed by atoms with Gasteiger partial charge in [-0.05, 0) is 69.8 Å². The van der Waals surface area contributed by atoms with Crippen LogP contribution in [0.3, 0.4) is 0 Å².